The molecule has 7 nitrogen and oxygen atoms in total. The number of quaternary nitrogens is 1. The summed E-state index contributed by atoms with van der Waals surface area (Å²) in [6, 6.07) is 0. The molecule has 0 saturated heterocycles. The van der Waals surface area contributed by atoms with Crippen LogP contribution >= 0.6 is 0 Å². The second-order valence-electron chi connectivity index (χ2n) is 8.57. The number of hydrogen-bond acceptors (Lipinski definition) is 4. The lowest BCUT2D eigenvalue weighted by Gasteiger charge is -2.18. The number of esters is 1. The molecule has 3 N–H and O–H groups in total. The maximum Gasteiger partial charge on any atom is 0.306 e. The fraction of sp³-hybridized carbons (Fsp3) is 0.870. The van der Waals surface area contributed by atoms with Crippen LogP contribution in [0.15, 0.2) is 0 Å². The minimum atomic E-state index is -0.735. The van der Waals surface area contributed by atoms with E-state index in [4.69, 9.17) is 14.9 Å². The summed E-state index contributed by atoms with van der Waals surface area (Å²) in [4.78, 5) is 34.6. The fourth-order valence-corrected chi connectivity index (χ4v) is 3.45. The smallest absolute Gasteiger partial charge is 0.306 e. The zero-order chi connectivity index (χ0) is 22.6. The molecule has 0 aromatic heterocycles. The molecule has 0 spiro atoms. The Morgan fingerprint density at radius 1 is 0.667 bits per heavy atom. The molecule has 0 unspecified atom stereocenters. The van der Waals surface area contributed by atoms with E-state index in [1.807, 2.05) is 0 Å². The summed E-state index contributed by atoms with van der Waals surface area (Å²) < 4.78 is 5.75. The Hall–Kier alpha value is -1.63. The Labute approximate surface area is 182 Å². The van der Waals surface area contributed by atoms with Crippen LogP contribution in [0.25, 0.3) is 0 Å². The van der Waals surface area contributed by atoms with E-state index in [0.717, 1.165) is 90.0 Å². The molecule has 30 heavy (non-hydrogen) atoms. The molecule has 0 bridgehead atoms. The van der Waals surface area contributed by atoms with E-state index >= 15 is 0 Å². The molecule has 0 atom stereocenters. The lowest BCUT2D eigenvalue weighted by atomic mass is 10.0. The topological polar surface area (TPSA) is 105 Å². The van der Waals surface area contributed by atoms with Gasteiger partial charge >= 0.3 is 17.9 Å². The van der Waals surface area contributed by atoms with E-state index in [9.17, 15) is 14.4 Å². The normalized spacial score (nSPS) is 11.2. The Bertz CT molecular complexity index is 439. The van der Waals surface area contributed by atoms with E-state index in [-0.39, 0.29) is 24.9 Å². The van der Waals surface area contributed by atoms with E-state index in [2.05, 4.69) is 14.1 Å². The van der Waals surface area contributed by atoms with Gasteiger partial charge in [0.2, 0.25) is 0 Å². The third-order valence-corrected chi connectivity index (χ3v) is 5.19. The number of carbonyl (C=O) groups excluding carboxylic acids is 1. The van der Waals surface area contributed by atoms with E-state index in [1.54, 1.807) is 0 Å². The molecule has 0 rings (SSSR count). The summed E-state index contributed by atoms with van der Waals surface area (Å²) in [6.07, 6.45) is 12.9. The summed E-state index contributed by atoms with van der Waals surface area (Å²) in [5.41, 5.74) is 0. The van der Waals surface area contributed by atoms with Crippen molar-refractivity contribution in [2.24, 2.45) is 0 Å². The van der Waals surface area contributed by atoms with Crippen molar-refractivity contribution in [1.82, 2.24) is 0 Å². The van der Waals surface area contributed by atoms with Gasteiger partial charge in [-0.2, -0.15) is 0 Å². The largest absolute Gasteiger partial charge is 0.481 e. The van der Waals surface area contributed by atoms with Gasteiger partial charge < -0.3 is 19.8 Å². The Morgan fingerprint density at radius 2 is 1.10 bits per heavy atom. The SMILES string of the molecule is C[NH+](C)CCCC(=O)OC(CCCCCCCC(=O)O)CCCCCCCC(=O)O. The Kier molecular flexibility index (Phi) is 18.3. The minimum Gasteiger partial charge on any atom is -0.481 e. The van der Waals surface area contributed by atoms with Gasteiger partial charge in [0.25, 0.3) is 0 Å². The first-order valence-corrected chi connectivity index (χ1v) is 11.7. The van der Waals surface area contributed by atoms with Crippen molar-refractivity contribution < 1.29 is 34.2 Å². The van der Waals surface area contributed by atoms with Crippen molar-refractivity contribution >= 4 is 17.9 Å². The quantitative estimate of drug-likeness (QED) is 0.190. The van der Waals surface area contributed by atoms with Crippen molar-refractivity contribution in [3.8, 4) is 0 Å². The van der Waals surface area contributed by atoms with Crippen LogP contribution in [0.3, 0.4) is 0 Å². The van der Waals surface area contributed by atoms with Crippen LogP contribution in [0, 0.1) is 0 Å². The molecule has 0 aromatic carbocycles. The summed E-state index contributed by atoms with van der Waals surface area (Å²) in [5.74, 6) is -1.58. The summed E-state index contributed by atoms with van der Waals surface area (Å²) in [7, 11) is 4.14. The van der Waals surface area contributed by atoms with Crippen LogP contribution in [0.2, 0.25) is 0 Å². The monoisotopic (exact) mass is 430 g/mol. The van der Waals surface area contributed by atoms with Crippen LogP contribution in [0.5, 0.6) is 0 Å². The van der Waals surface area contributed by atoms with Gasteiger partial charge in [0.05, 0.1) is 27.1 Å². The number of nitrogens with one attached hydrogen (secondary N) is 1. The average molecular weight is 431 g/mol. The first-order chi connectivity index (χ1) is 14.3. The van der Waals surface area contributed by atoms with Crippen molar-refractivity contribution in [1.29, 1.82) is 0 Å². The first kappa shape index (κ1) is 28.4. The maximum absolute atomic E-state index is 12.2. The van der Waals surface area contributed by atoms with Crippen molar-refractivity contribution in [2.75, 3.05) is 20.6 Å². The number of carbonyl (C=O) groups is 3. The molecule has 0 radical (unpaired) electrons. The van der Waals surface area contributed by atoms with E-state index in [1.165, 1.54) is 4.90 Å². The lowest BCUT2D eigenvalue weighted by molar-refractivity contribution is -0.858. The van der Waals surface area contributed by atoms with Crippen LogP contribution in [-0.2, 0) is 19.1 Å². The molecule has 0 aliphatic carbocycles. The molecule has 7 heteroatoms. The number of ether oxygens (including phenoxy) is 1. The number of hydrogen-bond donors (Lipinski definition) is 3. The summed E-state index contributed by atoms with van der Waals surface area (Å²) in [5, 5.41) is 17.3. The van der Waals surface area contributed by atoms with Gasteiger partial charge in [0.1, 0.15) is 6.10 Å². The van der Waals surface area contributed by atoms with Gasteiger partial charge in [-0.05, 0) is 38.5 Å². The third kappa shape index (κ3) is 21.1. The van der Waals surface area contributed by atoms with Crippen LogP contribution in [0.1, 0.15) is 103 Å². The number of rotatable bonds is 21. The third-order valence-electron chi connectivity index (χ3n) is 5.19. The van der Waals surface area contributed by atoms with Crippen LogP contribution < -0.4 is 4.90 Å². The predicted octanol–water partition coefficient (Wildman–Crippen LogP) is 3.45. The molecule has 176 valence electrons. The van der Waals surface area contributed by atoms with Gasteiger partial charge in [-0.3, -0.25) is 14.4 Å². The average Bonchev–Trinajstić information content (AvgIpc) is 2.65. The lowest BCUT2D eigenvalue weighted by Crippen LogP contribution is -3.05. The predicted molar refractivity (Wildman–Crippen MR) is 117 cm³/mol. The summed E-state index contributed by atoms with van der Waals surface area (Å²) in [6.45, 7) is 0.951. The number of aliphatic carboxylic acids is 2. The molecular formula is C23H44NO6+. The van der Waals surface area contributed by atoms with Gasteiger partial charge in [-0.25, -0.2) is 0 Å². The highest BCUT2D eigenvalue weighted by Crippen LogP contribution is 2.17. The molecule has 0 aliphatic rings. The van der Waals surface area contributed by atoms with Gasteiger partial charge in [0.15, 0.2) is 0 Å². The standard InChI is InChI=1S/C23H43NO6/c1-24(2)19-13-18-23(29)30-20(14-9-5-3-7-11-16-21(25)26)15-10-6-4-8-12-17-22(27)28/h20H,3-19H2,1-2H3,(H,25,26)(H,27,28)/p+1. The first-order valence-electron chi connectivity index (χ1n) is 11.7. The van der Waals surface area contributed by atoms with Gasteiger partial charge in [0, 0.05) is 19.3 Å². The zero-order valence-electron chi connectivity index (χ0n) is 19.1. The van der Waals surface area contributed by atoms with E-state index in [0.29, 0.717) is 6.42 Å². The maximum atomic E-state index is 12.2. The highest BCUT2D eigenvalue weighted by molar-refractivity contribution is 5.69. The van der Waals surface area contributed by atoms with E-state index < -0.39 is 11.9 Å². The molecule has 0 aliphatic heterocycles. The number of carboxylic acids is 2. The molecule has 0 saturated carbocycles. The molecule has 0 amide bonds. The van der Waals surface area contributed by atoms with Crippen molar-refractivity contribution in [2.45, 2.75) is 109 Å². The van der Waals surface area contributed by atoms with Crippen molar-refractivity contribution in [3.05, 3.63) is 0 Å². The Morgan fingerprint density at radius 3 is 1.53 bits per heavy atom. The van der Waals surface area contributed by atoms with Crippen LogP contribution in [-0.4, -0.2) is 54.9 Å². The number of unbranched alkanes of at least 4 members (excludes halogenated alkanes) is 8. The number of carboxylic acid groups (broad SMARTS) is 2. The summed E-state index contributed by atoms with van der Waals surface area (Å²) >= 11 is 0. The molecular weight excluding hydrogens is 386 g/mol. The minimum absolute atomic E-state index is 0.0396. The molecule has 0 heterocycles. The zero-order valence-corrected chi connectivity index (χ0v) is 19.1. The highest BCUT2D eigenvalue weighted by atomic mass is 16.5. The fourth-order valence-electron chi connectivity index (χ4n) is 3.45. The Balaban J connectivity index is 4.10. The molecule has 0 aromatic rings. The van der Waals surface area contributed by atoms with Crippen molar-refractivity contribution in [3.63, 3.8) is 0 Å². The van der Waals surface area contributed by atoms with Gasteiger partial charge in [-0.1, -0.05) is 38.5 Å². The molecule has 0 fully saturated rings. The van der Waals surface area contributed by atoms with Gasteiger partial charge in [-0.15, -0.1) is 0 Å². The highest BCUT2D eigenvalue weighted by Gasteiger charge is 2.14. The van der Waals surface area contributed by atoms with Crippen LogP contribution in [0.4, 0.5) is 0 Å². The second kappa shape index (κ2) is 19.3. The second-order valence-corrected chi connectivity index (χ2v) is 8.57.